The van der Waals surface area contributed by atoms with Crippen LogP contribution in [-0.4, -0.2) is 47.4 Å². The number of carbonyl (C=O) groups excluding carboxylic acids is 1. The summed E-state index contributed by atoms with van der Waals surface area (Å²) >= 11 is 0. The number of unbranched alkanes of at least 4 members (excludes halogenated alkanes) is 1. The third-order valence-electron chi connectivity index (χ3n) is 6.59. The molecule has 5 N–H and O–H groups in total. The zero-order valence-electron chi connectivity index (χ0n) is 22.8. The first-order chi connectivity index (χ1) is 16.3. The predicted octanol–water partition coefficient (Wildman–Crippen LogP) is 4.28. The van der Waals surface area contributed by atoms with Crippen molar-refractivity contribution in [2.45, 2.75) is 98.1 Å². The molecule has 0 fully saturated rings. The molecule has 0 aromatic heterocycles. The first-order valence-corrected chi connectivity index (χ1v) is 13.0. The molecule has 0 bridgehead atoms. The highest BCUT2D eigenvalue weighted by molar-refractivity contribution is 5.78. The Labute approximate surface area is 211 Å². The fourth-order valence-corrected chi connectivity index (χ4v) is 4.18. The predicted molar refractivity (Wildman–Crippen MR) is 141 cm³/mol. The summed E-state index contributed by atoms with van der Waals surface area (Å²) in [4.78, 5) is 23.3. The topological polar surface area (TPSA) is 122 Å². The normalized spacial score (nSPS) is 15.4. The Bertz CT molecular complexity index is 803. The summed E-state index contributed by atoms with van der Waals surface area (Å²) in [5.74, 6) is -0.229. The van der Waals surface area contributed by atoms with Gasteiger partial charge in [0.25, 0.3) is 0 Å². The van der Waals surface area contributed by atoms with Crippen molar-refractivity contribution in [2.75, 3.05) is 13.2 Å². The molecule has 0 aliphatic heterocycles. The monoisotopic (exact) mass is 492 g/mol. The number of ether oxygens (including phenoxy) is 1. The molecule has 0 spiro atoms. The SMILES string of the molecule is CCCCNC(=O)C(C)C[C@H](O)[C@@H](N)C[C@H](Cc1ccc(C(C)(C)C)c(OCC(=O)O)c1)C(C)C. The average molecular weight is 493 g/mol. The Balaban J connectivity index is 2.88. The van der Waals surface area contributed by atoms with Crippen LogP contribution in [0.5, 0.6) is 5.75 Å². The number of carboxylic acids is 1. The number of hydrogen-bond donors (Lipinski definition) is 4. The number of amides is 1. The highest BCUT2D eigenvalue weighted by Gasteiger charge is 2.27. The summed E-state index contributed by atoms with van der Waals surface area (Å²) in [5, 5.41) is 22.7. The molecule has 200 valence electrons. The molecule has 1 unspecified atom stereocenters. The minimum Gasteiger partial charge on any atom is -0.482 e. The van der Waals surface area contributed by atoms with Gasteiger partial charge in [-0.15, -0.1) is 0 Å². The van der Waals surface area contributed by atoms with Crippen molar-refractivity contribution >= 4 is 11.9 Å². The second kappa shape index (κ2) is 14.4. The van der Waals surface area contributed by atoms with E-state index in [-0.39, 0.29) is 29.8 Å². The summed E-state index contributed by atoms with van der Waals surface area (Å²) in [5.41, 5.74) is 8.22. The van der Waals surface area contributed by atoms with Gasteiger partial charge in [0.05, 0.1) is 6.10 Å². The Morgan fingerprint density at radius 2 is 1.80 bits per heavy atom. The fourth-order valence-electron chi connectivity index (χ4n) is 4.18. The number of aliphatic hydroxyl groups is 1. The maximum atomic E-state index is 12.3. The van der Waals surface area contributed by atoms with Crippen LogP contribution < -0.4 is 15.8 Å². The van der Waals surface area contributed by atoms with Gasteiger partial charge in [0, 0.05) is 18.5 Å². The van der Waals surface area contributed by atoms with Crippen LogP contribution in [0.15, 0.2) is 18.2 Å². The van der Waals surface area contributed by atoms with Gasteiger partial charge in [-0.05, 0) is 60.1 Å². The first kappa shape index (κ1) is 30.9. The zero-order valence-corrected chi connectivity index (χ0v) is 22.8. The van der Waals surface area contributed by atoms with E-state index in [9.17, 15) is 14.7 Å². The molecule has 1 aromatic rings. The van der Waals surface area contributed by atoms with Crippen LogP contribution in [0.4, 0.5) is 0 Å². The van der Waals surface area contributed by atoms with Crippen LogP contribution >= 0.6 is 0 Å². The van der Waals surface area contributed by atoms with Crippen molar-refractivity contribution in [2.24, 2.45) is 23.5 Å². The quantitative estimate of drug-likeness (QED) is 0.271. The highest BCUT2D eigenvalue weighted by atomic mass is 16.5. The molecule has 0 radical (unpaired) electrons. The van der Waals surface area contributed by atoms with Gasteiger partial charge in [0.2, 0.25) is 5.91 Å². The van der Waals surface area contributed by atoms with E-state index in [4.69, 9.17) is 15.6 Å². The average Bonchev–Trinajstić information content (AvgIpc) is 2.76. The third-order valence-corrected chi connectivity index (χ3v) is 6.59. The van der Waals surface area contributed by atoms with Crippen molar-refractivity contribution in [1.82, 2.24) is 5.32 Å². The van der Waals surface area contributed by atoms with Gasteiger partial charge in [-0.3, -0.25) is 4.79 Å². The van der Waals surface area contributed by atoms with E-state index in [1.807, 2.05) is 19.1 Å². The Morgan fingerprint density at radius 3 is 2.34 bits per heavy atom. The number of rotatable bonds is 15. The summed E-state index contributed by atoms with van der Waals surface area (Å²) in [7, 11) is 0. The summed E-state index contributed by atoms with van der Waals surface area (Å²) < 4.78 is 5.63. The molecule has 1 amide bonds. The molecule has 7 nitrogen and oxygen atoms in total. The van der Waals surface area contributed by atoms with Crippen molar-refractivity contribution in [3.8, 4) is 5.75 Å². The number of carboxylic acid groups (broad SMARTS) is 1. The van der Waals surface area contributed by atoms with Crippen molar-refractivity contribution < 1.29 is 24.5 Å². The molecule has 0 aliphatic rings. The number of hydrogen-bond acceptors (Lipinski definition) is 5. The molecule has 7 heteroatoms. The molecular weight excluding hydrogens is 444 g/mol. The second-order valence-electron chi connectivity index (χ2n) is 11.2. The van der Waals surface area contributed by atoms with Crippen LogP contribution in [0.25, 0.3) is 0 Å². The van der Waals surface area contributed by atoms with Gasteiger partial charge in [-0.1, -0.05) is 67.0 Å². The summed E-state index contributed by atoms with van der Waals surface area (Å²) in [6, 6.07) is 5.57. The minimum absolute atomic E-state index is 0.0436. The molecule has 0 heterocycles. The van der Waals surface area contributed by atoms with E-state index in [1.54, 1.807) is 0 Å². The van der Waals surface area contributed by atoms with Gasteiger partial charge in [0.1, 0.15) is 5.75 Å². The third kappa shape index (κ3) is 11.0. The molecule has 0 saturated heterocycles. The standard InChI is InChI=1S/C28H48N2O5/c1-8-9-12-30-27(34)19(4)13-24(31)23(29)16-21(18(2)3)14-20-10-11-22(28(5,6)7)25(15-20)35-17-26(32)33/h10-11,15,18-19,21,23-24,31H,8-9,12-14,16-17,29H2,1-7H3,(H,30,34)(H,32,33)/t19?,21-,23-,24-/m0/s1. The lowest BCUT2D eigenvalue weighted by atomic mass is 9.81. The first-order valence-electron chi connectivity index (χ1n) is 13.0. The molecule has 35 heavy (non-hydrogen) atoms. The van der Waals surface area contributed by atoms with Crippen molar-refractivity contribution in [3.63, 3.8) is 0 Å². The highest BCUT2D eigenvalue weighted by Crippen LogP contribution is 2.34. The minimum atomic E-state index is -1.01. The van der Waals surface area contributed by atoms with Crippen LogP contribution in [0.1, 0.15) is 85.3 Å². The molecule has 0 aliphatic carbocycles. The van der Waals surface area contributed by atoms with Gasteiger partial charge in [0.15, 0.2) is 6.61 Å². The van der Waals surface area contributed by atoms with E-state index < -0.39 is 18.1 Å². The number of nitrogens with two attached hydrogens (primary N) is 1. The number of benzene rings is 1. The van der Waals surface area contributed by atoms with Gasteiger partial charge in [-0.25, -0.2) is 4.79 Å². The van der Waals surface area contributed by atoms with E-state index in [2.05, 4.69) is 52.9 Å². The van der Waals surface area contributed by atoms with Crippen LogP contribution in [-0.2, 0) is 21.4 Å². The molecule has 4 atom stereocenters. The fraction of sp³-hybridized carbons (Fsp3) is 0.714. The van der Waals surface area contributed by atoms with Crippen LogP contribution in [0, 0.1) is 17.8 Å². The van der Waals surface area contributed by atoms with Gasteiger partial charge < -0.3 is 26.0 Å². The van der Waals surface area contributed by atoms with E-state index in [0.717, 1.165) is 30.4 Å². The van der Waals surface area contributed by atoms with Gasteiger partial charge in [-0.2, -0.15) is 0 Å². The maximum Gasteiger partial charge on any atom is 0.341 e. The lowest BCUT2D eigenvalue weighted by molar-refractivity contribution is -0.139. The molecular formula is C28H48N2O5. The summed E-state index contributed by atoms with van der Waals surface area (Å²) in [6.07, 6.45) is 2.88. The zero-order chi connectivity index (χ0) is 26.8. The van der Waals surface area contributed by atoms with Crippen LogP contribution in [0.2, 0.25) is 0 Å². The Hall–Kier alpha value is -2.12. The van der Waals surface area contributed by atoms with Crippen molar-refractivity contribution in [1.29, 1.82) is 0 Å². The lowest BCUT2D eigenvalue weighted by Crippen LogP contribution is -2.41. The number of nitrogens with one attached hydrogen (secondary N) is 1. The number of aliphatic hydroxyl groups excluding tert-OH is 1. The number of aliphatic carboxylic acids is 1. The lowest BCUT2D eigenvalue weighted by Gasteiger charge is -2.29. The largest absolute Gasteiger partial charge is 0.482 e. The molecule has 1 aromatic carbocycles. The number of carbonyl (C=O) groups is 2. The van der Waals surface area contributed by atoms with E-state index in [1.165, 1.54) is 0 Å². The Morgan fingerprint density at radius 1 is 1.14 bits per heavy atom. The van der Waals surface area contributed by atoms with Crippen molar-refractivity contribution in [3.05, 3.63) is 29.3 Å². The van der Waals surface area contributed by atoms with E-state index >= 15 is 0 Å². The van der Waals surface area contributed by atoms with E-state index in [0.29, 0.717) is 31.1 Å². The van der Waals surface area contributed by atoms with Gasteiger partial charge >= 0.3 is 5.97 Å². The van der Waals surface area contributed by atoms with Crippen LogP contribution in [0.3, 0.4) is 0 Å². The second-order valence-corrected chi connectivity index (χ2v) is 11.2. The summed E-state index contributed by atoms with van der Waals surface area (Å²) in [6.45, 7) is 14.6. The maximum absolute atomic E-state index is 12.3. The Kier molecular flexibility index (Phi) is 12.8. The smallest absolute Gasteiger partial charge is 0.341 e. The molecule has 1 rings (SSSR count). The molecule has 0 saturated carbocycles.